The Morgan fingerprint density at radius 2 is 1.85 bits per heavy atom. The van der Waals surface area contributed by atoms with E-state index in [2.05, 4.69) is 40.1 Å². The number of aryl methyl sites for hydroxylation is 2. The molecule has 2 aromatic heterocycles. The highest BCUT2D eigenvalue weighted by atomic mass is 16.5. The average molecular weight is 361 g/mol. The Labute approximate surface area is 161 Å². The van der Waals surface area contributed by atoms with Crippen LogP contribution in [0.3, 0.4) is 0 Å². The predicted molar refractivity (Wildman–Crippen MR) is 108 cm³/mol. The van der Waals surface area contributed by atoms with E-state index in [9.17, 15) is 0 Å². The van der Waals surface area contributed by atoms with Crippen LogP contribution in [0.4, 0.5) is 0 Å². The summed E-state index contributed by atoms with van der Waals surface area (Å²) in [6.45, 7) is 4.60. The lowest BCUT2D eigenvalue weighted by Gasteiger charge is -2.19. The van der Waals surface area contributed by atoms with Crippen LogP contribution in [0, 0.1) is 13.8 Å². The topological polar surface area (TPSA) is 50.8 Å². The normalized spacial score (nSPS) is 15.0. The van der Waals surface area contributed by atoms with Crippen LogP contribution < -0.4 is 4.74 Å². The molecule has 2 heterocycles. The molecule has 0 atom stereocenters. The van der Waals surface area contributed by atoms with E-state index >= 15 is 0 Å². The van der Waals surface area contributed by atoms with E-state index in [-0.39, 0.29) is 0 Å². The number of nitrogens with one attached hydrogen (secondary N) is 1. The number of ether oxygens (including phenoxy) is 1. The van der Waals surface area contributed by atoms with Gasteiger partial charge < -0.3 is 9.72 Å². The molecule has 1 aliphatic carbocycles. The van der Waals surface area contributed by atoms with Gasteiger partial charge in [-0.15, -0.1) is 0 Å². The molecule has 1 fully saturated rings. The maximum Gasteiger partial charge on any atom is 0.130 e. The second-order valence-corrected chi connectivity index (χ2v) is 7.61. The SMILES string of the molecule is Cc1ccc(COc2ccc(-c3cnc(C4CCCCC4)[nH]3)cc2C)nc1. The van der Waals surface area contributed by atoms with Crippen LogP contribution >= 0.6 is 0 Å². The van der Waals surface area contributed by atoms with Crippen molar-refractivity contribution in [2.75, 3.05) is 0 Å². The number of hydrogen-bond donors (Lipinski definition) is 1. The summed E-state index contributed by atoms with van der Waals surface area (Å²) in [6, 6.07) is 10.4. The van der Waals surface area contributed by atoms with Crippen molar-refractivity contribution < 1.29 is 4.74 Å². The third-order valence-electron chi connectivity index (χ3n) is 5.42. The first-order chi connectivity index (χ1) is 13.2. The molecule has 4 heteroatoms. The molecule has 1 aromatic carbocycles. The third-order valence-corrected chi connectivity index (χ3v) is 5.42. The second kappa shape index (κ2) is 7.95. The van der Waals surface area contributed by atoms with Crippen molar-refractivity contribution in [3.8, 4) is 17.0 Å². The van der Waals surface area contributed by atoms with E-state index in [4.69, 9.17) is 4.74 Å². The monoisotopic (exact) mass is 361 g/mol. The number of benzene rings is 1. The first kappa shape index (κ1) is 17.8. The Hall–Kier alpha value is -2.62. The fourth-order valence-electron chi connectivity index (χ4n) is 3.78. The summed E-state index contributed by atoms with van der Waals surface area (Å²) in [5.74, 6) is 2.64. The van der Waals surface area contributed by atoms with Gasteiger partial charge in [-0.25, -0.2) is 4.98 Å². The van der Waals surface area contributed by atoms with Crippen molar-refractivity contribution in [1.82, 2.24) is 15.0 Å². The Morgan fingerprint density at radius 1 is 1.00 bits per heavy atom. The van der Waals surface area contributed by atoms with E-state index in [1.54, 1.807) is 0 Å². The summed E-state index contributed by atoms with van der Waals surface area (Å²) in [6.07, 6.45) is 10.4. The lowest BCUT2D eigenvalue weighted by Crippen LogP contribution is -2.06. The van der Waals surface area contributed by atoms with Crippen molar-refractivity contribution >= 4 is 0 Å². The molecule has 0 bridgehead atoms. The molecule has 4 nitrogen and oxygen atoms in total. The Balaban J connectivity index is 1.45. The molecule has 1 saturated carbocycles. The molecule has 0 saturated heterocycles. The number of imidazole rings is 1. The molecule has 4 rings (SSSR count). The van der Waals surface area contributed by atoms with E-state index in [1.807, 2.05) is 31.5 Å². The first-order valence-corrected chi connectivity index (χ1v) is 9.89. The van der Waals surface area contributed by atoms with Gasteiger partial charge in [-0.3, -0.25) is 4.98 Å². The number of H-pyrrole nitrogens is 1. The van der Waals surface area contributed by atoms with Crippen LogP contribution in [-0.4, -0.2) is 15.0 Å². The fraction of sp³-hybridized carbons (Fsp3) is 0.391. The van der Waals surface area contributed by atoms with E-state index < -0.39 is 0 Å². The summed E-state index contributed by atoms with van der Waals surface area (Å²) in [7, 11) is 0. The fourth-order valence-corrected chi connectivity index (χ4v) is 3.78. The molecule has 0 aliphatic heterocycles. The van der Waals surface area contributed by atoms with Gasteiger partial charge >= 0.3 is 0 Å². The zero-order chi connectivity index (χ0) is 18.6. The van der Waals surface area contributed by atoms with Crippen molar-refractivity contribution in [1.29, 1.82) is 0 Å². The van der Waals surface area contributed by atoms with Gasteiger partial charge in [0.05, 0.1) is 17.6 Å². The average Bonchev–Trinajstić information content (AvgIpc) is 3.19. The minimum atomic E-state index is 0.482. The van der Waals surface area contributed by atoms with Crippen LogP contribution in [0.15, 0.2) is 42.7 Å². The smallest absolute Gasteiger partial charge is 0.130 e. The van der Waals surface area contributed by atoms with E-state index in [0.717, 1.165) is 39.7 Å². The molecule has 1 aliphatic rings. The molecule has 1 N–H and O–H groups in total. The second-order valence-electron chi connectivity index (χ2n) is 7.61. The molecule has 27 heavy (non-hydrogen) atoms. The van der Waals surface area contributed by atoms with Crippen molar-refractivity contribution in [3.63, 3.8) is 0 Å². The maximum absolute atomic E-state index is 5.97. The number of rotatable bonds is 5. The third kappa shape index (κ3) is 4.21. The number of pyridine rings is 1. The van der Waals surface area contributed by atoms with Crippen molar-refractivity contribution in [3.05, 3.63) is 65.4 Å². The summed E-state index contributed by atoms with van der Waals surface area (Å²) in [5.41, 5.74) is 5.46. The lowest BCUT2D eigenvalue weighted by molar-refractivity contribution is 0.299. The van der Waals surface area contributed by atoms with E-state index in [0.29, 0.717) is 12.5 Å². The van der Waals surface area contributed by atoms with Crippen molar-refractivity contribution in [2.24, 2.45) is 0 Å². The van der Waals surface area contributed by atoms with Gasteiger partial charge in [0.25, 0.3) is 0 Å². The molecule has 3 aromatic rings. The molecular weight excluding hydrogens is 334 g/mol. The summed E-state index contributed by atoms with van der Waals surface area (Å²) in [5, 5.41) is 0. The Morgan fingerprint density at radius 3 is 2.59 bits per heavy atom. The molecular formula is C23H27N3O. The lowest BCUT2D eigenvalue weighted by atomic mass is 9.89. The van der Waals surface area contributed by atoms with Gasteiger partial charge in [-0.1, -0.05) is 25.3 Å². The van der Waals surface area contributed by atoms with Gasteiger partial charge in [0.2, 0.25) is 0 Å². The highest BCUT2D eigenvalue weighted by molar-refractivity contribution is 5.61. The highest BCUT2D eigenvalue weighted by Gasteiger charge is 2.18. The van der Waals surface area contributed by atoms with Crippen molar-refractivity contribution in [2.45, 2.75) is 58.5 Å². The number of aromatic amines is 1. The molecule has 0 unspecified atom stereocenters. The number of nitrogens with zero attached hydrogens (tertiary/aromatic N) is 2. The van der Waals surface area contributed by atoms with Crippen LogP contribution in [0.2, 0.25) is 0 Å². The van der Waals surface area contributed by atoms with Crippen LogP contribution in [0.5, 0.6) is 5.75 Å². The molecule has 140 valence electrons. The maximum atomic E-state index is 5.97. The van der Waals surface area contributed by atoms with E-state index in [1.165, 1.54) is 32.1 Å². The zero-order valence-electron chi connectivity index (χ0n) is 16.2. The van der Waals surface area contributed by atoms with Gasteiger partial charge in [0.1, 0.15) is 18.2 Å². The molecule has 0 amide bonds. The van der Waals surface area contributed by atoms with Gasteiger partial charge in [0, 0.05) is 17.7 Å². The van der Waals surface area contributed by atoms with Gasteiger partial charge in [-0.05, 0) is 62.1 Å². The summed E-state index contributed by atoms with van der Waals surface area (Å²) in [4.78, 5) is 12.6. The summed E-state index contributed by atoms with van der Waals surface area (Å²) < 4.78 is 5.97. The van der Waals surface area contributed by atoms with Crippen LogP contribution in [-0.2, 0) is 6.61 Å². The van der Waals surface area contributed by atoms with Crippen LogP contribution in [0.25, 0.3) is 11.3 Å². The minimum absolute atomic E-state index is 0.482. The van der Waals surface area contributed by atoms with Gasteiger partial charge in [0.15, 0.2) is 0 Å². The number of aromatic nitrogens is 3. The Bertz CT molecular complexity index is 892. The zero-order valence-corrected chi connectivity index (χ0v) is 16.2. The summed E-state index contributed by atoms with van der Waals surface area (Å²) >= 11 is 0. The number of hydrogen-bond acceptors (Lipinski definition) is 3. The first-order valence-electron chi connectivity index (χ1n) is 9.89. The highest BCUT2D eigenvalue weighted by Crippen LogP contribution is 2.32. The molecule has 0 spiro atoms. The standard InChI is InChI=1S/C23H27N3O/c1-16-8-10-20(24-13-16)15-27-22-11-9-19(12-17(22)2)21-14-25-23(26-21)18-6-4-3-5-7-18/h8-14,18H,3-7,15H2,1-2H3,(H,25,26). The minimum Gasteiger partial charge on any atom is -0.487 e. The van der Waals surface area contributed by atoms with Gasteiger partial charge in [-0.2, -0.15) is 0 Å². The molecule has 0 radical (unpaired) electrons. The Kier molecular flexibility index (Phi) is 5.23. The van der Waals surface area contributed by atoms with Crippen LogP contribution in [0.1, 0.15) is 60.7 Å². The predicted octanol–water partition coefficient (Wildman–Crippen LogP) is 5.72. The largest absolute Gasteiger partial charge is 0.487 e. The quantitative estimate of drug-likeness (QED) is 0.633.